The summed E-state index contributed by atoms with van der Waals surface area (Å²) in [5.41, 5.74) is 0. The van der Waals surface area contributed by atoms with Crippen LogP contribution in [0.25, 0.3) is 0 Å². The standard InChI is InChI=1S/C13H24N2S/c1-9(2)7-12-8-16-13(15-12)14-10(3)11-5-4-6-11/h9-12H,4-8H2,1-3H3,(H,14,15). The molecule has 2 rings (SSSR count). The zero-order valence-electron chi connectivity index (χ0n) is 10.7. The van der Waals surface area contributed by atoms with Gasteiger partial charge in [0.1, 0.15) is 0 Å². The third kappa shape index (κ3) is 3.16. The Morgan fingerprint density at radius 2 is 2.12 bits per heavy atom. The first kappa shape index (κ1) is 12.3. The van der Waals surface area contributed by atoms with Crippen LogP contribution in [0.2, 0.25) is 0 Å². The van der Waals surface area contributed by atoms with Gasteiger partial charge in [0.15, 0.2) is 5.17 Å². The molecule has 2 atom stereocenters. The minimum Gasteiger partial charge on any atom is -0.362 e. The number of nitrogens with one attached hydrogen (secondary N) is 1. The smallest absolute Gasteiger partial charge is 0.157 e. The van der Waals surface area contributed by atoms with E-state index in [2.05, 4.69) is 26.1 Å². The Bertz CT molecular complexity index is 259. The molecule has 1 N–H and O–H groups in total. The molecule has 0 saturated heterocycles. The van der Waals surface area contributed by atoms with Crippen LogP contribution in [0.15, 0.2) is 4.99 Å². The van der Waals surface area contributed by atoms with Crippen molar-refractivity contribution in [1.82, 2.24) is 5.32 Å². The van der Waals surface area contributed by atoms with E-state index in [1.807, 2.05) is 11.8 Å². The summed E-state index contributed by atoms with van der Waals surface area (Å²) in [4.78, 5) is 4.78. The van der Waals surface area contributed by atoms with Crippen molar-refractivity contribution < 1.29 is 0 Å². The molecule has 2 aliphatic rings. The molecule has 1 aliphatic heterocycles. The van der Waals surface area contributed by atoms with E-state index in [9.17, 15) is 0 Å². The summed E-state index contributed by atoms with van der Waals surface area (Å²) in [5.74, 6) is 2.84. The van der Waals surface area contributed by atoms with Crippen LogP contribution >= 0.6 is 11.8 Å². The second-order valence-electron chi connectivity index (χ2n) is 5.65. The number of hydrogen-bond acceptors (Lipinski definition) is 3. The van der Waals surface area contributed by atoms with Crippen LogP contribution in [-0.4, -0.2) is 23.0 Å². The van der Waals surface area contributed by atoms with E-state index in [4.69, 9.17) is 4.99 Å². The molecule has 0 bridgehead atoms. The van der Waals surface area contributed by atoms with Gasteiger partial charge in [-0.2, -0.15) is 0 Å². The number of thioether (sulfide) groups is 1. The maximum atomic E-state index is 4.78. The van der Waals surface area contributed by atoms with Crippen LogP contribution in [0.1, 0.15) is 46.5 Å². The summed E-state index contributed by atoms with van der Waals surface area (Å²) in [6.45, 7) is 6.87. The molecule has 1 heterocycles. The van der Waals surface area contributed by atoms with Gasteiger partial charge in [0, 0.05) is 11.8 Å². The second-order valence-corrected chi connectivity index (χ2v) is 6.66. The van der Waals surface area contributed by atoms with Gasteiger partial charge >= 0.3 is 0 Å². The molecule has 2 nitrogen and oxygen atoms in total. The van der Waals surface area contributed by atoms with Gasteiger partial charge in [-0.3, -0.25) is 4.99 Å². The van der Waals surface area contributed by atoms with E-state index in [1.54, 1.807) is 0 Å². The molecule has 16 heavy (non-hydrogen) atoms. The summed E-state index contributed by atoms with van der Waals surface area (Å²) in [7, 11) is 0. The second kappa shape index (κ2) is 5.44. The summed E-state index contributed by atoms with van der Waals surface area (Å²) in [6.07, 6.45) is 5.46. The molecule has 2 unspecified atom stereocenters. The number of aliphatic imine (C=N–C) groups is 1. The third-order valence-corrected chi connectivity index (χ3v) is 4.71. The molecule has 0 aromatic heterocycles. The van der Waals surface area contributed by atoms with E-state index in [-0.39, 0.29) is 0 Å². The summed E-state index contributed by atoms with van der Waals surface area (Å²) in [6, 6.07) is 1.18. The van der Waals surface area contributed by atoms with E-state index < -0.39 is 0 Å². The van der Waals surface area contributed by atoms with E-state index in [0.29, 0.717) is 12.1 Å². The van der Waals surface area contributed by atoms with Crippen molar-refractivity contribution in [2.24, 2.45) is 16.8 Å². The fourth-order valence-corrected chi connectivity index (χ4v) is 3.47. The first-order valence-corrected chi connectivity index (χ1v) is 7.61. The van der Waals surface area contributed by atoms with Crippen LogP contribution in [-0.2, 0) is 0 Å². The van der Waals surface area contributed by atoms with Gasteiger partial charge < -0.3 is 5.32 Å². The first-order chi connectivity index (χ1) is 7.65. The predicted octanol–water partition coefficient (Wildman–Crippen LogP) is 3.28. The molecule has 0 radical (unpaired) electrons. The van der Waals surface area contributed by atoms with Gasteiger partial charge in [0.25, 0.3) is 0 Å². The molecule has 0 spiro atoms. The zero-order valence-corrected chi connectivity index (χ0v) is 11.5. The lowest BCUT2D eigenvalue weighted by Gasteiger charge is -2.32. The van der Waals surface area contributed by atoms with Gasteiger partial charge in [-0.15, -0.1) is 0 Å². The Morgan fingerprint density at radius 1 is 1.38 bits per heavy atom. The number of hydrogen-bond donors (Lipinski definition) is 1. The third-order valence-electron chi connectivity index (χ3n) is 3.66. The van der Waals surface area contributed by atoms with Crippen molar-refractivity contribution >= 4 is 16.9 Å². The molecule has 1 fully saturated rings. The fraction of sp³-hybridized carbons (Fsp3) is 0.923. The molecule has 3 heteroatoms. The minimum absolute atomic E-state index is 0.557. The van der Waals surface area contributed by atoms with Crippen molar-refractivity contribution in [2.45, 2.75) is 58.5 Å². The molecular weight excluding hydrogens is 216 g/mol. The van der Waals surface area contributed by atoms with Gasteiger partial charge in [0.05, 0.1) is 6.04 Å². The van der Waals surface area contributed by atoms with E-state index >= 15 is 0 Å². The molecule has 0 aromatic rings. The van der Waals surface area contributed by atoms with Gasteiger partial charge in [-0.25, -0.2) is 0 Å². The first-order valence-electron chi connectivity index (χ1n) is 6.62. The van der Waals surface area contributed by atoms with Crippen molar-refractivity contribution in [3.8, 4) is 0 Å². The SMILES string of the molecule is CC(C)CC1CSC(NC(C)C2CCC2)=N1. The van der Waals surface area contributed by atoms with E-state index in [1.165, 1.54) is 36.6 Å². The summed E-state index contributed by atoms with van der Waals surface area (Å²) < 4.78 is 0. The highest BCUT2D eigenvalue weighted by Crippen LogP contribution is 2.30. The maximum Gasteiger partial charge on any atom is 0.157 e. The fourth-order valence-electron chi connectivity index (χ4n) is 2.41. The van der Waals surface area contributed by atoms with Gasteiger partial charge in [-0.05, 0) is 38.0 Å². The molecule has 0 aromatic carbocycles. The highest BCUT2D eigenvalue weighted by atomic mass is 32.2. The van der Waals surface area contributed by atoms with Crippen molar-refractivity contribution in [3.05, 3.63) is 0 Å². The topological polar surface area (TPSA) is 24.4 Å². The number of rotatable bonds is 4. The summed E-state index contributed by atoms with van der Waals surface area (Å²) in [5, 5.41) is 4.80. The summed E-state index contributed by atoms with van der Waals surface area (Å²) >= 11 is 1.91. The lowest BCUT2D eigenvalue weighted by atomic mass is 9.80. The quantitative estimate of drug-likeness (QED) is 0.815. The number of nitrogens with zero attached hydrogens (tertiary/aromatic N) is 1. The van der Waals surface area contributed by atoms with Crippen molar-refractivity contribution in [2.75, 3.05) is 5.75 Å². The largest absolute Gasteiger partial charge is 0.362 e. The molecule has 0 amide bonds. The molecule has 92 valence electrons. The zero-order chi connectivity index (χ0) is 11.5. The lowest BCUT2D eigenvalue weighted by Crippen LogP contribution is -2.39. The Balaban J connectivity index is 1.77. The minimum atomic E-state index is 0.557. The van der Waals surface area contributed by atoms with Crippen molar-refractivity contribution in [3.63, 3.8) is 0 Å². The Labute approximate surface area is 104 Å². The average molecular weight is 240 g/mol. The highest BCUT2D eigenvalue weighted by Gasteiger charge is 2.26. The lowest BCUT2D eigenvalue weighted by molar-refractivity contribution is 0.259. The van der Waals surface area contributed by atoms with Crippen molar-refractivity contribution in [1.29, 1.82) is 0 Å². The highest BCUT2D eigenvalue weighted by molar-refractivity contribution is 8.14. The van der Waals surface area contributed by atoms with Crippen LogP contribution in [0.3, 0.4) is 0 Å². The van der Waals surface area contributed by atoms with Gasteiger partial charge in [0.2, 0.25) is 0 Å². The Hall–Kier alpha value is -0.180. The van der Waals surface area contributed by atoms with Crippen LogP contribution in [0.4, 0.5) is 0 Å². The normalized spacial score (nSPS) is 27.8. The van der Waals surface area contributed by atoms with Crippen LogP contribution < -0.4 is 5.32 Å². The number of amidine groups is 1. The average Bonchev–Trinajstić information content (AvgIpc) is 2.47. The van der Waals surface area contributed by atoms with Crippen LogP contribution in [0.5, 0.6) is 0 Å². The predicted molar refractivity (Wildman–Crippen MR) is 73.1 cm³/mol. The maximum absolute atomic E-state index is 4.78. The molecule has 1 aliphatic carbocycles. The van der Waals surface area contributed by atoms with Crippen LogP contribution in [0, 0.1) is 11.8 Å². The Kier molecular flexibility index (Phi) is 4.17. The van der Waals surface area contributed by atoms with Gasteiger partial charge in [-0.1, -0.05) is 32.0 Å². The molecule has 1 saturated carbocycles. The molecular formula is C13H24N2S. The van der Waals surface area contributed by atoms with E-state index in [0.717, 1.165) is 11.8 Å². The monoisotopic (exact) mass is 240 g/mol. The Morgan fingerprint density at radius 3 is 2.69 bits per heavy atom.